The first-order chi connectivity index (χ1) is 9.65. The first kappa shape index (κ1) is 14.1. The van der Waals surface area contributed by atoms with Crippen molar-refractivity contribution in [3.8, 4) is 5.82 Å². The van der Waals surface area contributed by atoms with Crippen LogP contribution in [0.1, 0.15) is 0 Å². The third-order valence-corrected chi connectivity index (χ3v) is 3.15. The van der Waals surface area contributed by atoms with Crippen LogP contribution in [0.4, 0.5) is 5.69 Å². The van der Waals surface area contributed by atoms with E-state index < -0.39 is 5.97 Å². The number of hydrogen-bond acceptors (Lipinski definition) is 5. The van der Waals surface area contributed by atoms with Crippen molar-refractivity contribution in [2.45, 2.75) is 0 Å². The van der Waals surface area contributed by atoms with E-state index in [4.69, 9.17) is 5.11 Å². The molecule has 0 saturated carbocycles. The molecule has 0 aliphatic heterocycles. The Morgan fingerprint density at radius 2 is 2.20 bits per heavy atom. The monoisotopic (exact) mass is 292 g/mol. The Hall–Kier alpha value is -2.35. The van der Waals surface area contributed by atoms with E-state index in [2.05, 4.69) is 15.4 Å². The lowest BCUT2D eigenvalue weighted by atomic mass is 10.4. The predicted octanol–water partition coefficient (Wildman–Crippen LogP) is 1.02. The van der Waals surface area contributed by atoms with E-state index in [1.165, 1.54) is 6.20 Å². The highest BCUT2D eigenvalue weighted by Gasteiger charge is 2.05. The molecule has 2 aromatic heterocycles. The molecule has 0 saturated heterocycles. The third kappa shape index (κ3) is 4.09. The molecule has 0 aliphatic rings. The number of nitrogens with zero attached hydrogens (tertiary/aromatic N) is 3. The quantitative estimate of drug-likeness (QED) is 0.825. The van der Waals surface area contributed by atoms with Crippen molar-refractivity contribution in [3.63, 3.8) is 0 Å². The minimum absolute atomic E-state index is 0.0905. The maximum absolute atomic E-state index is 11.5. The molecule has 2 heterocycles. The highest BCUT2D eigenvalue weighted by atomic mass is 32.2. The summed E-state index contributed by atoms with van der Waals surface area (Å²) in [5.74, 6) is -0.553. The van der Waals surface area contributed by atoms with Crippen molar-refractivity contribution in [2.24, 2.45) is 0 Å². The van der Waals surface area contributed by atoms with E-state index in [0.29, 0.717) is 11.5 Å². The molecule has 2 rings (SSSR count). The minimum Gasteiger partial charge on any atom is -0.481 e. The van der Waals surface area contributed by atoms with Gasteiger partial charge in [-0.05, 0) is 18.2 Å². The Morgan fingerprint density at radius 3 is 2.80 bits per heavy atom. The summed E-state index contributed by atoms with van der Waals surface area (Å²) in [6, 6.07) is 5.23. The van der Waals surface area contributed by atoms with Crippen LogP contribution in [-0.2, 0) is 9.59 Å². The molecular formula is C12H12N4O3S. The van der Waals surface area contributed by atoms with Gasteiger partial charge in [0.2, 0.25) is 5.91 Å². The first-order valence-corrected chi connectivity index (χ1v) is 6.86. The number of thioether (sulfide) groups is 1. The average Bonchev–Trinajstić information content (AvgIpc) is 2.93. The Kier molecular flexibility index (Phi) is 4.72. The molecule has 0 bridgehead atoms. The number of rotatable bonds is 6. The van der Waals surface area contributed by atoms with Gasteiger partial charge in [0.1, 0.15) is 0 Å². The second kappa shape index (κ2) is 6.71. The number of carboxylic acids is 1. The Labute approximate surface area is 119 Å². The largest absolute Gasteiger partial charge is 0.481 e. The van der Waals surface area contributed by atoms with Gasteiger partial charge in [0.05, 0.1) is 23.4 Å². The van der Waals surface area contributed by atoms with Crippen LogP contribution in [0.15, 0.2) is 36.8 Å². The smallest absolute Gasteiger partial charge is 0.313 e. The number of nitrogens with one attached hydrogen (secondary N) is 1. The molecule has 0 aliphatic carbocycles. The van der Waals surface area contributed by atoms with Gasteiger partial charge in [-0.1, -0.05) is 0 Å². The Morgan fingerprint density at radius 1 is 1.35 bits per heavy atom. The summed E-state index contributed by atoms with van der Waals surface area (Å²) in [5.41, 5.74) is 0.557. The lowest BCUT2D eigenvalue weighted by Gasteiger charge is -2.05. The molecule has 0 aromatic carbocycles. The Bertz CT molecular complexity index is 583. The fourth-order valence-corrected chi connectivity index (χ4v) is 1.96. The molecule has 7 nitrogen and oxygen atoms in total. The first-order valence-electron chi connectivity index (χ1n) is 5.70. The van der Waals surface area contributed by atoms with Gasteiger partial charge in [-0.15, -0.1) is 11.8 Å². The predicted molar refractivity (Wildman–Crippen MR) is 74.9 cm³/mol. The molecule has 2 N–H and O–H groups in total. The van der Waals surface area contributed by atoms with Crippen molar-refractivity contribution >= 4 is 29.3 Å². The SMILES string of the molecule is O=C(O)CSCC(=O)Nc1ccc(-n2cccn2)nc1. The van der Waals surface area contributed by atoms with E-state index >= 15 is 0 Å². The lowest BCUT2D eigenvalue weighted by Crippen LogP contribution is -2.15. The van der Waals surface area contributed by atoms with Crippen molar-refractivity contribution in [1.29, 1.82) is 0 Å². The zero-order valence-corrected chi connectivity index (χ0v) is 11.2. The molecule has 2 aromatic rings. The van der Waals surface area contributed by atoms with E-state index in [1.807, 2.05) is 0 Å². The van der Waals surface area contributed by atoms with Crippen LogP contribution in [0, 0.1) is 0 Å². The minimum atomic E-state index is -0.937. The molecule has 1 amide bonds. The number of aromatic nitrogens is 3. The topological polar surface area (TPSA) is 97.1 Å². The zero-order valence-electron chi connectivity index (χ0n) is 10.4. The molecule has 104 valence electrons. The molecule has 0 fully saturated rings. The molecule has 8 heteroatoms. The maximum atomic E-state index is 11.5. The molecule has 0 radical (unpaired) electrons. The van der Waals surface area contributed by atoms with Crippen LogP contribution in [0.25, 0.3) is 5.82 Å². The standard InChI is InChI=1S/C12H12N4O3S/c17-11(7-20-8-12(18)19)15-9-2-3-10(13-6-9)16-5-1-4-14-16/h1-6H,7-8H2,(H,15,17)(H,18,19). The van der Waals surface area contributed by atoms with Gasteiger partial charge in [0.15, 0.2) is 5.82 Å². The van der Waals surface area contributed by atoms with Crippen molar-refractivity contribution in [3.05, 3.63) is 36.8 Å². The maximum Gasteiger partial charge on any atom is 0.313 e. The summed E-state index contributed by atoms with van der Waals surface area (Å²) < 4.78 is 1.61. The van der Waals surface area contributed by atoms with Crippen LogP contribution in [0.2, 0.25) is 0 Å². The summed E-state index contributed by atoms with van der Waals surface area (Å²) >= 11 is 1.04. The number of carbonyl (C=O) groups excluding carboxylic acids is 1. The van der Waals surface area contributed by atoms with E-state index in [9.17, 15) is 9.59 Å². The summed E-state index contributed by atoms with van der Waals surface area (Å²) in [4.78, 5) is 26.0. The van der Waals surface area contributed by atoms with Crippen LogP contribution in [-0.4, -0.2) is 43.3 Å². The summed E-state index contributed by atoms with van der Waals surface area (Å²) in [6.07, 6.45) is 4.94. The van der Waals surface area contributed by atoms with E-state index in [0.717, 1.165) is 11.8 Å². The molecular weight excluding hydrogens is 280 g/mol. The average molecular weight is 292 g/mol. The van der Waals surface area contributed by atoms with Gasteiger partial charge in [-0.3, -0.25) is 9.59 Å². The van der Waals surface area contributed by atoms with Gasteiger partial charge in [0, 0.05) is 12.4 Å². The number of anilines is 1. The zero-order chi connectivity index (χ0) is 14.4. The summed E-state index contributed by atoms with van der Waals surface area (Å²) in [7, 11) is 0. The van der Waals surface area contributed by atoms with Gasteiger partial charge in [-0.25, -0.2) is 9.67 Å². The second-order valence-electron chi connectivity index (χ2n) is 3.79. The van der Waals surface area contributed by atoms with Gasteiger partial charge < -0.3 is 10.4 Å². The number of hydrogen-bond donors (Lipinski definition) is 2. The molecule has 0 unspecified atom stereocenters. The van der Waals surface area contributed by atoms with Gasteiger partial charge >= 0.3 is 5.97 Å². The fourth-order valence-electron chi connectivity index (χ4n) is 1.43. The van der Waals surface area contributed by atoms with Crippen LogP contribution in [0.5, 0.6) is 0 Å². The van der Waals surface area contributed by atoms with E-state index in [1.54, 1.807) is 35.3 Å². The van der Waals surface area contributed by atoms with Crippen LogP contribution < -0.4 is 5.32 Å². The van der Waals surface area contributed by atoms with Crippen molar-refractivity contribution in [2.75, 3.05) is 16.8 Å². The molecule has 0 spiro atoms. The number of pyridine rings is 1. The fraction of sp³-hybridized carbons (Fsp3) is 0.167. The molecule has 0 atom stereocenters. The second-order valence-corrected chi connectivity index (χ2v) is 4.78. The van der Waals surface area contributed by atoms with Crippen LogP contribution in [0.3, 0.4) is 0 Å². The number of carboxylic acid groups (broad SMARTS) is 1. The Balaban J connectivity index is 1.87. The number of amides is 1. The number of carbonyl (C=O) groups is 2. The van der Waals surface area contributed by atoms with Crippen molar-refractivity contribution < 1.29 is 14.7 Å². The van der Waals surface area contributed by atoms with Crippen molar-refractivity contribution in [1.82, 2.24) is 14.8 Å². The summed E-state index contributed by atoms with van der Waals surface area (Å²) in [5, 5.41) is 15.2. The highest BCUT2D eigenvalue weighted by molar-refractivity contribution is 8.00. The van der Waals surface area contributed by atoms with E-state index in [-0.39, 0.29) is 17.4 Å². The highest BCUT2D eigenvalue weighted by Crippen LogP contribution is 2.10. The summed E-state index contributed by atoms with van der Waals surface area (Å²) in [6.45, 7) is 0. The van der Waals surface area contributed by atoms with Gasteiger partial charge in [-0.2, -0.15) is 5.10 Å². The number of aliphatic carboxylic acids is 1. The van der Waals surface area contributed by atoms with Gasteiger partial charge in [0.25, 0.3) is 0 Å². The third-order valence-electron chi connectivity index (χ3n) is 2.23. The normalized spacial score (nSPS) is 10.2. The van der Waals surface area contributed by atoms with Crippen LogP contribution >= 0.6 is 11.8 Å². The molecule has 20 heavy (non-hydrogen) atoms. The lowest BCUT2D eigenvalue weighted by molar-refractivity contribution is -0.133.